The van der Waals surface area contributed by atoms with Crippen LogP contribution in [-0.2, 0) is 4.74 Å². The van der Waals surface area contributed by atoms with Crippen molar-refractivity contribution in [3.63, 3.8) is 0 Å². The second-order valence-corrected chi connectivity index (χ2v) is 3.56. The summed E-state index contributed by atoms with van der Waals surface area (Å²) >= 11 is 0. The summed E-state index contributed by atoms with van der Waals surface area (Å²) in [6.07, 6.45) is 6.77. The maximum absolute atomic E-state index is 11.4. The number of nitrogens with zero attached hydrogens (tertiary/aromatic N) is 2. The van der Waals surface area contributed by atoms with E-state index < -0.39 is 0 Å². The zero-order valence-corrected chi connectivity index (χ0v) is 9.01. The van der Waals surface area contributed by atoms with E-state index >= 15 is 0 Å². The first kappa shape index (κ1) is 10.5. The van der Waals surface area contributed by atoms with Crippen molar-refractivity contribution in [3.05, 3.63) is 29.6 Å². The van der Waals surface area contributed by atoms with Gasteiger partial charge in [0.1, 0.15) is 6.61 Å². The predicted molar refractivity (Wildman–Crippen MR) is 58.6 cm³/mol. The molecule has 0 N–H and O–H groups in total. The molecule has 1 aromatic heterocycles. The van der Waals surface area contributed by atoms with Gasteiger partial charge in [0.25, 0.3) is 0 Å². The van der Waals surface area contributed by atoms with Crippen LogP contribution in [0.25, 0.3) is 0 Å². The number of hydrogen-bond acceptors (Lipinski definition) is 3. The van der Waals surface area contributed by atoms with E-state index in [0.717, 1.165) is 11.3 Å². The van der Waals surface area contributed by atoms with Crippen LogP contribution in [0, 0.1) is 12.3 Å². The quantitative estimate of drug-likeness (QED) is 0.705. The van der Waals surface area contributed by atoms with Gasteiger partial charge < -0.3 is 4.74 Å². The van der Waals surface area contributed by atoms with E-state index in [2.05, 4.69) is 10.9 Å². The van der Waals surface area contributed by atoms with Crippen LogP contribution in [0.1, 0.15) is 24.2 Å². The monoisotopic (exact) mass is 216 g/mol. The van der Waals surface area contributed by atoms with E-state index in [1.54, 1.807) is 17.2 Å². The molecule has 0 aromatic carbocycles. The molecule has 2 heterocycles. The lowest BCUT2D eigenvalue weighted by molar-refractivity contribution is 0.149. The highest BCUT2D eigenvalue weighted by Gasteiger charge is 2.29. The first-order valence-corrected chi connectivity index (χ1v) is 5.09. The molecule has 0 spiro atoms. The van der Waals surface area contributed by atoms with Gasteiger partial charge in [-0.15, -0.1) is 6.42 Å². The van der Waals surface area contributed by atoms with Gasteiger partial charge in [0.05, 0.1) is 18.3 Å². The second kappa shape index (κ2) is 4.23. The van der Waals surface area contributed by atoms with Crippen molar-refractivity contribution < 1.29 is 9.53 Å². The number of ether oxygens (including phenoxy) is 1. The van der Waals surface area contributed by atoms with Crippen LogP contribution in [0.15, 0.2) is 18.3 Å². The van der Waals surface area contributed by atoms with Gasteiger partial charge in [0, 0.05) is 11.8 Å². The Morgan fingerprint density at radius 1 is 1.69 bits per heavy atom. The average Bonchev–Trinajstić information content (AvgIpc) is 2.74. The molecule has 16 heavy (non-hydrogen) atoms. The molecule has 82 valence electrons. The molecule has 2 rings (SSSR count). The fourth-order valence-corrected chi connectivity index (χ4v) is 1.78. The van der Waals surface area contributed by atoms with Crippen molar-refractivity contribution in [1.29, 1.82) is 0 Å². The lowest BCUT2D eigenvalue weighted by atomic mass is 10.1. The molecular formula is C12H12N2O2. The number of pyridine rings is 1. The van der Waals surface area contributed by atoms with Crippen molar-refractivity contribution in [3.8, 4) is 12.3 Å². The molecule has 1 unspecified atom stereocenters. The van der Waals surface area contributed by atoms with E-state index in [-0.39, 0.29) is 12.1 Å². The number of aromatic nitrogens is 1. The summed E-state index contributed by atoms with van der Waals surface area (Å²) in [5.74, 6) is 2.57. The van der Waals surface area contributed by atoms with Gasteiger partial charge in [-0.05, 0) is 19.1 Å². The third kappa shape index (κ3) is 1.72. The van der Waals surface area contributed by atoms with Gasteiger partial charge >= 0.3 is 6.09 Å². The summed E-state index contributed by atoms with van der Waals surface area (Å²) in [6, 6.07) is 3.45. The van der Waals surface area contributed by atoms with Gasteiger partial charge in [-0.2, -0.15) is 0 Å². The third-order valence-electron chi connectivity index (χ3n) is 2.65. The summed E-state index contributed by atoms with van der Waals surface area (Å²) in [5.41, 5.74) is 1.46. The second-order valence-electron chi connectivity index (χ2n) is 3.56. The normalized spacial score (nSPS) is 16.8. The molecule has 1 amide bonds. The molecule has 1 saturated heterocycles. The lowest BCUT2D eigenvalue weighted by Crippen LogP contribution is -2.28. The fraction of sp³-hybridized carbons (Fsp3) is 0.333. The third-order valence-corrected chi connectivity index (χ3v) is 2.65. The standard InChI is InChI=1S/C12H12N2O2/c1-3-10-5-4-6-13-11(10)9(2)14-7-8-16-12(14)15/h1,4-6,9H,7-8H2,2H3. The van der Waals surface area contributed by atoms with Crippen LogP contribution in [0.2, 0.25) is 0 Å². The highest BCUT2D eigenvalue weighted by molar-refractivity contribution is 5.70. The van der Waals surface area contributed by atoms with Crippen molar-refractivity contribution >= 4 is 6.09 Å². The SMILES string of the molecule is C#Cc1cccnc1C(C)N1CCOC1=O. The van der Waals surface area contributed by atoms with Crippen molar-refractivity contribution in [2.24, 2.45) is 0 Å². The largest absolute Gasteiger partial charge is 0.448 e. The number of amides is 1. The van der Waals surface area contributed by atoms with E-state index in [4.69, 9.17) is 11.2 Å². The molecule has 1 aliphatic rings. The summed E-state index contributed by atoms with van der Waals surface area (Å²) in [4.78, 5) is 17.3. The number of hydrogen-bond donors (Lipinski definition) is 0. The highest BCUT2D eigenvalue weighted by atomic mass is 16.6. The Labute approximate surface area is 94.2 Å². The first-order valence-electron chi connectivity index (χ1n) is 5.09. The highest BCUT2D eigenvalue weighted by Crippen LogP contribution is 2.23. The minimum atomic E-state index is -0.305. The van der Waals surface area contributed by atoms with E-state index in [0.29, 0.717) is 13.2 Å². The summed E-state index contributed by atoms with van der Waals surface area (Å²) in [5, 5.41) is 0. The Bertz CT molecular complexity index is 451. The fourth-order valence-electron chi connectivity index (χ4n) is 1.78. The predicted octanol–water partition coefficient (Wildman–Crippen LogP) is 1.58. The van der Waals surface area contributed by atoms with Crippen LogP contribution >= 0.6 is 0 Å². The number of carbonyl (C=O) groups excluding carboxylic acids is 1. The molecule has 0 bridgehead atoms. The summed E-state index contributed by atoms with van der Waals surface area (Å²) in [6.45, 7) is 2.91. The van der Waals surface area contributed by atoms with Crippen LogP contribution in [0.5, 0.6) is 0 Å². The van der Waals surface area contributed by atoms with Gasteiger partial charge in [-0.3, -0.25) is 9.88 Å². The first-order chi connectivity index (χ1) is 7.74. The lowest BCUT2D eigenvalue weighted by Gasteiger charge is -2.21. The number of rotatable bonds is 2. The molecular weight excluding hydrogens is 204 g/mol. The minimum absolute atomic E-state index is 0.151. The molecule has 4 heteroatoms. The van der Waals surface area contributed by atoms with Crippen LogP contribution in [-0.4, -0.2) is 29.1 Å². The number of cyclic esters (lactones) is 1. The van der Waals surface area contributed by atoms with Crippen molar-refractivity contribution in [1.82, 2.24) is 9.88 Å². The van der Waals surface area contributed by atoms with Gasteiger partial charge in [-0.25, -0.2) is 4.79 Å². The maximum Gasteiger partial charge on any atom is 0.410 e. The molecule has 1 aromatic rings. The summed E-state index contributed by atoms with van der Waals surface area (Å²) < 4.78 is 4.89. The minimum Gasteiger partial charge on any atom is -0.448 e. The van der Waals surface area contributed by atoms with E-state index in [1.807, 2.05) is 13.0 Å². The zero-order chi connectivity index (χ0) is 11.5. The van der Waals surface area contributed by atoms with Crippen LogP contribution in [0.4, 0.5) is 4.79 Å². The van der Waals surface area contributed by atoms with E-state index in [9.17, 15) is 4.79 Å². The summed E-state index contributed by atoms with van der Waals surface area (Å²) in [7, 11) is 0. The van der Waals surface area contributed by atoms with E-state index in [1.165, 1.54) is 0 Å². The molecule has 4 nitrogen and oxygen atoms in total. The van der Waals surface area contributed by atoms with Gasteiger partial charge in [0.15, 0.2) is 0 Å². The average molecular weight is 216 g/mol. The van der Waals surface area contributed by atoms with Crippen LogP contribution in [0.3, 0.4) is 0 Å². The van der Waals surface area contributed by atoms with Crippen molar-refractivity contribution in [2.75, 3.05) is 13.2 Å². The van der Waals surface area contributed by atoms with Gasteiger partial charge in [0.2, 0.25) is 0 Å². The molecule has 1 atom stereocenters. The zero-order valence-electron chi connectivity index (χ0n) is 9.01. The van der Waals surface area contributed by atoms with Crippen molar-refractivity contribution in [2.45, 2.75) is 13.0 Å². The molecule has 0 saturated carbocycles. The Balaban J connectivity index is 2.30. The van der Waals surface area contributed by atoms with Crippen LogP contribution < -0.4 is 0 Å². The Morgan fingerprint density at radius 3 is 3.12 bits per heavy atom. The molecule has 0 radical (unpaired) electrons. The number of terminal acetylenes is 1. The maximum atomic E-state index is 11.4. The molecule has 1 fully saturated rings. The molecule has 1 aliphatic heterocycles. The molecule has 0 aliphatic carbocycles. The smallest absolute Gasteiger partial charge is 0.410 e. The van der Waals surface area contributed by atoms with Gasteiger partial charge in [-0.1, -0.05) is 5.92 Å². The topological polar surface area (TPSA) is 42.4 Å². The Morgan fingerprint density at radius 2 is 2.50 bits per heavy atom. The Hall–Kier alpha value is -2.02. The Kier molecular flexibility index (Phi) is 2.78. The number of carbonyl (C=O) groups is 1.